The van der Waals surface area contributed by atoms with E-state index in [0.717, 1.165) is 24.8 Å². The minimum Gasteiger partial charge on any atom is -0.354 e. The molecule has 1 N–H and O–H groups in total. The van der Waals surface area contributed by atoms with Crippen molar-refractivity contribution < 1.29 is 14.0 Å². The van der Waals surface area contributed by atoms with Gasteiger partial charge in [0, 0.05) is 19.5 Å². The van der Waals surface area contributed by atoms with Crippen LogP contribution < -0.4 is 5.32 Å². The minimum atomic E-state index is -0.547. The van der Waals surface area contributed by atoms with E-state index in [4.69, 9.17) is 0 Å². The Morgan fingerprint density at radius 2 is 1.83 bits per heavy atom. The highest BCUT2D eigenvalue weighted by Gasteiger charge is 2.24. The van der Waals surface area contributed by atoms with Crippen molar-refractivity contribution in [3.05, 3.63) is 35.6 Å². The first-order valence-electron chi connectivity index (χ1n) is 8.31. The highest BCUT2D eigenvalue weighted by atomic mass is 19.1. The Hall–Kier alpha value is -1.91. The third-order valence-electron chi connectivity index (χ3n) is 3.82. The quantitative estimate of drug-likeness (QED) is 0.710. The molecule has 1 rings (SSSR count). The van der Waals surface area contributed by atoms with Crippen LogP contribution in [0.4, 0.5) is 4.39 Å². The van der Waals surface area contributed by atoms with Gasteiger partial charge in [0.2, 0.25) is 11.8 Å². The molecule has 0 aliphatic carbocycles. The molecular weight excluding hydrogens is 295 g/mol. The van der Waals surface area contributed by atoms with Crippen molar-refractivity contribution in [3.8, 4) is 0 Å². The van der Waals surface area contributed by atoms with Crippen molar-refractivity contribution in [1.82, 2.24) is 10.2 Å². The maximum Gasteiger partial charge on any atom is 0.242 e. The number of unbranched alkanes of at least 4 members (excludes halogenated alkanes) is 2. The lowest BCUT2D eigenvalue weighted by atomic mass is 10.1. The van der Waals surface area contributed by atoms with E-state index in [1.54, 1.807) is 30.9 Å². The van der Waals surface area contributed by atoms with E-state index in [1.165, 1.54) is 12.1 Å². The van der Waals surface area contributed by atoms with Gasteiger partial charge in [-0.1, -0.05) is 38.8 Å². The monoisotopic (exact) mass is 322 g/mol. The fourth-order valence-corrected chi connectivity index (χ4v) is 2.31. The third-order valence-corrected chi connectivity index (χ3v) is 3.82. The lowest BCUT2D eigenvalue weighted by Gasteiger charge is -2.28. The molecule has 5 heteroatoms. The SMILES string of the molecule is CCCCCNC(=O)[C@H](C)N(Cc1ccc(F)cc1)C(=O)CC. The van der Waals surface area contributed by atoms with Gasteiger partial charge in [-0.05, 0) is 31.0 Å². The summed E-state index contributed by atoms with van der Waals surface area (Å²) in [6, 6.07) is 5.45. The Bertz CT molecular complexity index is 502. The van der Waals surface area contributed by atoms with Crippen LogP contribution in [0.5, 0.6) is 0 Å². The first-order chi connectivity index (χ1) is 11.0. The van der Waals surface area contributed by atoms with Crippen LogP contribution in [0.25, 0.3) is 0 Å². The van der Waals surface area contributed by atoms with Gasteiger partial charge in [-0.25, -0.2) is 4.39 Å². The Kier molecular flexibility index (Phi) is 8.30. The Morgan fingerprint density at radius 3 is 2.39 bits per heavy atom. The lowest BCUT2D eigenvalue weighted by Crippen LogP contribution is -2.47. The predicted octanol–water partition coefficient (Wildman–Crippen LogP) is 3.26. The summed E-state index contributed by atoms with van der Waals surface area (Å²) < 4.78 is 13.0. The predicted molar refractivity (Wildman–Crippen MR) is 89.2 cm³/mol. The van der Waals surface area contributed by atoms with E-state index in [9.17, 15) is 14.0 Å². The number of hydrogen-bond acceptors (Lipinski definition) is 2. The molecule has 0 unspecified atom stereocenters. The van der Waals surface area contributed by atoms with E-state index in [2.05, 4.69) is 12.2 Å². The summed E-state index contributed by atoms with van der Waals surface area (Å²) in [5.41, 5.74) is 0.804. The highest BCUT2D eigenvalue weighted by Crippen LogP contribution is 2.11. The second kappa shape index (κ2) is 9.98. The zero-order valence-corrected chi connectivity index (χ0v) is 14.3. The first-order valence-corrected chi connectivity index (χ1v) is 8.31. The largest absolute Gasteiger partial charge is 0.354 e. The molecule has 4 nitrogen and oxygen atoms in total. The molecule has 1 aromatic carbocycles. The van der Waals surface area contributed by atoms with E-state index in [0.29, 0.717) is 19.5 Å². The second-order valence-corrected chi connectivity index (χ2v) is 5.68. The van der Waals surface area contributed by atoms with Crippen LogP contribution in [-0.4, -0.2) is 29.3 Å². The molecule has 2 amide bonds. The van der Waals surface area contributed by atoms with Gasteiger partial charge in [0.1, 0.15) is 11.9 Å². The number of halogens is 1. The molecule has 0 fully saturated rings. The molecule has 0 radical (unpaired) electrons. The van der Waals surface area contributed by atoms with Crippen LogP contribution in [0.1, 0.15) is 52.0 Å². The Morgan fingerprint density at radius 1 is 1.17 bits per heavy atom. The summed E-state index contributed by atoms with van der Waals surface area (Å²) in [6.07, 6.45) is 3.43. The van der Waals surface area contributed by atoms with E-state index < -0.39 is 6.04 Å². The lowest BCUT2D eigenvalue weighted by molar-refractivity contribution is -0.140. The molecule has 0 aromatic heterocycles. The second-order valence-electron chi connectivity index (χ2n) is 5.68. The van der Waals surface area contributed by atoms with Gasteiger partial charge in [-0.3, -0.25) is 9.59 Å². The number of amides is 2. The zero-order chi connectivity index (χ0) is 17.2. The molecule has 1 aromatic rings. The maximum absolute atomic E-state index is 13.0. The zero-order valence-electron chi connectivity index (χ0n) is 14.3. The molecule has 0 heterocycles. The minimum absolute atomic E-state index is 0.0921. The summed E-state index contributed by atoms with van der Waals surface area (Å²) >= 11 is 0. The van der Waals surface area contributed by atoms with Crippen LogP contribution in [0.3, 0.4) is 0 Å². The smallest absolute Gasteiger partial charge is 0.242 e. The highest BCUT2D eigenvalue weighted by molar-refractivity contribution is 5.87. The van der Waals surface area contributed by atoms with Gasteiger partial charge in [0.05, 0.1) is 0 Å². The Labute approximate surface area is 138 Å². The molecule has 0 aliphatic rings. The summed E-state index contributed by atoms with van der Waals surface area (Å²) in [4.78, 5) is 26.0. The number of hydrogen-bond donors (Lipinski definition) is 1. The summed E-state index contributed by atoms with van der Waals surface area (Å²) in [5.74, 6) is -0.556. The number of nitrogens with zero attached hydrogens (tertiary/aromatic N) is 1. The average Bonchev–Trinajstić information content (AvgIpc) is 2.56. The number of benzene rings is 1. The van der Waals surface area contributed by atoms with Gasteiger partial charge < -0.3 is 10.2 Å². The van der Waals surface area contributed by atoms with Gasteiger partial charge >= 0.3 is 0 Å². The normalized spacial score (nSPS) is 11.8. The van der Waals surface area contributed by atoms with E-state index in [1.807, 2.05) is 0 Å². The van der Waals surface area contributed by atoms with Gasteiger partial charge in [-0.2, -0.15) is 0 Å². The van der Waals surface area contributed by atoms with Crippen molar-refractivity contribution in [2.75, 3.05) is 6.54 Å². The van der Waals surface area contributed by atoms with Crippen molar-refractivity contribution >= 4 is 11.8 Å². The van der Waals surface area contributed by atoms with Crippen LogP contribution in [-0.2, 0) is 16.1 Å². The molecule has 0 bridgehead atoms. The third kappa shape index (κ3) is 6.38. The molecule has 0 spiro atoms. The van der Waals surface area contributed by atoms with Gasteiger partial charge in [-0.15, -0.1) is 0 Å². The van der Waals surface area contributed by atoms with Gasteiger partial charge in [0.15, 0.2) is 0 Å². The Balaban J connectivity index is 2.70. The van der Waals surface area contributed by atoms with Crippen LogP contribution >= 0.6 is 0 Å². The standard InChI is InChI=1S/C18H27FN2O2/c1-4-6-7-12-20-18(23)14(3)21(17(22)5-2)13-15-8-10-16(19)11-9-15/h8-11,14H,4-7,12-13H2,1-3H3,(H,20,23)/t14-/m0/s1. The molecular formula is C18H27FN2O2. The molecule has 0 saturated carbocycles. The van der Waals surface area contributed by atoms with Crippen LogP contribution in [0.2, 0.25) is 0 Å². The fourth-order valence-electron chi connectivity index (χ4n) is 2.31. The van der Waals surface area contributed by atoms with Crippen molar-refractivity contribution in [2.24, 2.45) is 0 Å². The molecule has 128 valence electrons. The topological polar surface area (TPSA) is 49.4 Å². The first kappa shape index (κ1) is 19.1. The maximum atomic E-state index is 13.0. The molecule has 0 aliphatic heterocycles. The number of rotatable bonds is 9. The van der Waals surface area contributed by atoms with Crippen molar-refractivity contribution in [3.63, 3.8) is 0 Å². The number of carbonyl (C=O) groups is 2. The number of nitrogens with one attached hydrogen (secondary N) is 1. The van der Waals surface area contributed by atoms with E-state index >= 15 is 0 Å². The van der Waals surface area contributed by atoms with Crippen LogP contribution in [0.15, 0.2) is 24.3 Å². The van der Waals surface area contributed by atoms with Gasteiger partial charge in [0.25, 0.3) is 0 Å². The molecule has 23 heavy (non-hydrogen) atoms. The average molecular weight is 322 g/mol. The summed E-state index contributed by atoms with van der Waals surface area (Å²) in [7, 11) is 0. The van der Waals surface area contributed by atoms with Crippen molar-refractivity contribution in [1.29, 1.82) is 0 Å². The molecule has 1 atom stereocenters. The molecule has 0 saturated heterocycles. The summed E-state index contributed by atoms with van der Waals surface area (Å²) in [6.45, 7) is 6.53. The summed E-state index contributed by atoms with van der Waals surface area (Å²) in [5, 5.41) is 2.88. The van der Waals surface area contributed by atoms with Crippen molar-refractivity contribution in [2.45, 2.75) is 59.0 Å². The number of carbonyl (C=O) groups excluding carboxylic acids is 2. The fraction of sp³-hybridized carbons (Fsp3) is 0.556. The van der Waals surface area contributed by atoms with E-state index in [-0.39, 0.29) is 17.6 Å². The van der Waals surface area contributed by atoms with Crippen LogP contribution in [0, 0.1) is 5.82 Å².